The van der Waals surface area contributed by atoms with Crippen molar-refractivity contribution >= 4 is 17.6 Å². The summed E-state index contributed by atoms with van der Waals surface area (Å²) < 4.78 is 0. The number of aryl methyl sites for hydroxylation is 1. The van der Waals surface area contributed by atoms with Crippen molar-refractivity contribution in [1.82, 2.24) is 0 Å². The standard InChI is InChI=1S/C19H23NO3/c1-2-3-4-12-5-9-15(10-6-12)20-18(21)16-13-7-8-14(11-13)17(16)19(22)23/h5-10,13-14,16-17H,2-4,11H2,1H3,(H,20,21)(H,22,23). The van der Waals surface area contributed by atoms with Gasteiger partial charge in [0.15, 0.2) is 0 Å². The van der Waals surface area contributed by atoms with E-state index in [1.807, 2.05) is 36.4 Å². The molecule has 4 atom stereocenters. The SMILES string of the molecule is CCCCc1ccc(NC(=O)C2C3C=CC(C3)C2C(=O)O)cc1. The van der Waals surface area contributed by atoms with Crippen molar-refractivity contribution in [3.05, 3.63) is 42.0 Å². The first-order valence-corrected chi connectivity index (χ1v) is 8.41. The van der Waals surface area contributed by atoms with Gasteiger partial charge in [0.25, 0.3) is 0 Å². The molecule has 3 rings (SSSR count). The van der Waals surface area contributed by atoms with Gasteiger partial charge in [0.2, 0.25) is 5.91 Å². The molecule has 2 aliphatic carbocycles. The van der Waals surface area contributed by atoms with Crippen molar-refractivity contribution < 1.29 is 14.7 Å². The van der Waals surface area contributed by atoms with Gasteiger partial charge in [-0.3, -0.25) is 9.59 Å². The number of amides is 1. The third-order valence-electron chi connectivity index (χ3n) is 5.09. The Labute approximate surface area is 136 Å². The van der Waals surface area contributed by atoms with Crippen LogP contribution in [0.5, 0.6) is 0 Å². The smallest absolute Gasteiger partial charge is 0.307 e. The second-order valence-electron chi connectivity index (χ2n) is 6.63. The van der Waals surface area contributed by atoms with E-state index in [-0.39, 0.29) is 17.7 Å². The van der Waals surface area contributed by atoms with Crippen molar-refractivity contribution in [2.75, 3.05) is 5.32 Å². The van der Waals surface area contributed by atoms with Crippen LogP contribution in [0.15, 0.2) is 36.4 Å². The van der Waals surface area contributed by atoms with Crippen LogP contribution in [-0.2, 0) is 16.0 Å². The number of unbranched alkanes of at least 4 members (excludes halogenated alkanes) is 1. The number of nitrogens with one attached hydrogen (secondary N) is 1. The number of carbonyl (C=O) groups excluding carboxylic acids is 1. The van der Waals surface area contributed by atoms with E-state index in [1.165, 1.54) is 5.56 Å². The number of hydrogen-bond acceptors (Lipinski definition) is 2. The summed E-state index contributed by atoms with van der Waals surface area (Å²) in [7, 11) is 0. The molecule has 1 saturated carbocycles. The van der Waals surface area contributed by atoms with Crippen LogP contribution in [0.4, 0.5) is 5.69 Å². The molecule has 0 heterocycles. The number of carboxylic acids is 1. The third-order valence-corrected chi connectivity index (χ3v) is 5.09. The summed E-state index contributed by atoms with van der Waals surface area (Å²) in [6, 6.07) is 7.87. The number of hydrogen-bond donors (Lipinski definition) is 2. The molecule has 2 bridgehead atoms. The molecule has 122 valence electrons. The van der Waals surface area contributed by atoms with Crippen LogP contribution in [0.1, 0.15) is 31.7 Å². The summed E-state index contributed by atoms with van der Waals surface area (Å²) >= 11 is 0. The average Bonchev–Trinajstić information content (AvgIpc) is 3.15. The highest BCUT2D eigenvalue weighted by Gasteiger charge is 2.51. The van der Waals surface area contributed by atoms with E-state index >= 15 is 0 Å². The molecular weight excluding hydrogens is 290 g/mol. The van der Waals surface area contributed by atoms with E-state index in [0.29, 0.717) is 0 Å². The highest BCUT2D eigenvalue weighted by atomic mass is 16.4. The zero-order valence-corrected chi connectivity index (χ0v) is 13.4. The number of fused-ring (bicyclic) bond motifs is 2. The molecule has 23 heavy (non-hydrogen) atoms. The maximum atomic E-state index is 12.6. The van der Waals surface area contributed by atoms with Gasteiger partial charge in [0.1, 0.15) is 0 Å². The van der Waals surface area contributed by atoms with Gasteiger partial charge in [-0.15, -0.1) is 0 Å². The van der Waals surface area contributed by atoms with E-state index in [4.69, 9.17) is 0 Å². The van der Waals surface area contributed by atoms with Crippen LogP contribution in [0.2, 0.25) is 0 Å². The predicted molar refractivity (Wildman–Crippen MR) is 89.0 cm³/mol. The molecular formula is C19H23NO3. The van der Waals surface area contributed by atoms with Crippen molar-refractivity contribution in [3.63, 3.8) is 0 Å². The molecule has 0 aromatic heterocycles. The molecule has 0 spiro atoms. The first kappa shape index (κ1) is 15.8. The predicted octanol–water partition coefficient (Wildman–Crippen LogP) is 3.49. The Hall–Kier alpha value is -2.10. The zero-order valence-electron chi connectivity index (χ0n) is 13.4. The Morgan fingerprint density at radius 2 is 1.78 bits per heavy atom. The van der Waals surface area contributed by atoms with E-state index in [2.05, 4.69) is 12.2 Å². The van der Waals surface area contributed by atoms with E-state index < -0.39 is 17.8 Å². The van der Waals surface area contributed by atoms with Gasteiger partial charge in [-0.2, -0.15) is 0 Å². The minimum absolute atomic E-state index is 0.00432. The highest BCUT2D eigenvalue weighted by Crippen LogP contribution is 2.48. The third kappa shape index (κ3) is 3.16. The number of benzene rings is 1. The number of aliphatic carboxylic acids is 1. The van der Waals surface area contributed by atoms with Crippen LogP contribution in [0.3, 0.4) is 0 Å². The van der Waals surface area contributed by atoms with Crippen LogP contribution >= 0.6 is 0 Å². The lowest BCUT2D eigenvalue weighted by Crippen LogP contribution is -2.36. The fourth-order valence-corrected chi connectivity index (χ4v) is 3.88. The monoisotopic (exact) mass is 313 g/mol. The van der Waals surface area contributed by atoms with Crippen LogP contribution < -0.4 is 5.32 Å². The molecule has 1 amide bonds. The number of rotatable bonds is 6. The van der Waals surface area contributed by atoms with Gasteiger partial charge >= 0.3 is 5.97 Å². The number of carbonyl (C=O) groups is 2. The first-order valence-electron chi connectivity index (χ1n) is 8.41. The summed E-state index contributed by atoms with van der Waals surface area (Å²) in [5, 5.41) is 12.3. The van der Waals surface area contributed by atoms with E-state index in [0.717, 1.165) is 31.4 Å². The molecule has 2 aliphatic rings. The lowest BCUT2D eigenvalue weighted by Gasteiger charge is -2.23. The van der Waals surface area contributed by atoms with Crippen molar-refractivity contribution in [1.29, 1.82) is 0 Å². The van der Waals surface area contributed by atoms with Crippen molar-refractivity contribution in [2.24, 2.45) is 23.7 Å². The lowest BCUT2D eigenvalue weighted by molar-refractivity contribution is -0.146. The molecule has 2 N–H and O–H groups in total. The van der Waals surface area contributed by atoms with E-state index in [9.17, 15) is 14.7 Å². The van der Waals surface area contributed by atoms with Gasteiger partial charge in [-0.1, -0.05) is 37.6 Å². The molecule has 4 nitrogen and oxygen atoms in total. The van der Waals surface area contributed by atoms with Gasteiger partial charge in [-0.05, 0) is 48.8 Å². The maximum absolute atomic E-state index is 12.6. The Morgan fingerprint density at radius 3 is 2.39 bits per heavy atom. The Bertz CT molecular complexity index is 620. The molecule has 1 fully saturated rings. The van der Waals surface area contributed by atoms with Gasteiger partial charge in [0.05, 0.1) is 11.8 Å². The molecule has 1 aromatic carbocycles. The first-order chi connectivity index (χ1) is 11.1. The van der Waals surface area contributed by atoms with E-state index in [1.54, 1.807) is 0 Å². The van der Waals surface area contributed by atoms with Crippen LogP contribution in [0.25, 0.3) is 0 Å². The minimum atomic E-state index is -0.864. The fourth-order valence-electron chi connectivity index (χ4n) is 3.88. The largest absolute Gasteiger partial charge is 0.481 e. The summed E-state index contributed by atoms with van der Waals surface area (Å²) in [5.41, 5.74) is 2.00. The molecule has 0 radical (unpaired) electrons. The molecule has 4 heteroatoms. The summed E-state index contributed by atoms with van der Waals surface area (Å²) in [6.45, 7) is 2.16. The minimum Gasteiger partial charge on any atom is -0.481 e. The van der Waals surface area contributed by atoms with Gasteiger partial charge < -0.3 is 10.4 Å². The van der Waals surface area contributed by atoms with Gasteiger partial charge in [0, 0.05) is 5.69 Å². The number of anilines is 1. The van der Waals surface area contributed by atoms with Crippen LogP contribution in [0, 0.1) is 23.7 Å². The summed E-state index contributed by atoms with van der Waals surface area (Å²) in [5.74, 6) is -2.02. The maximum Gasteiger partial charge on any atom is 0.307 e. The quantitative estimate of drug-likeness (QED) is 0.790. The average molecular weight is 313 g/mol. The molecule has 4 unspecified atom stereocenters. The Balaban J connectivity index is 1.67. The second kappa shape index (κ2) is 6.57. The van der Waals surface area contributed by atoms with Crippen LogP contribution in [-0.4, -0.2) is 17.0 Å². The number of carboxylic acid groups (broad SMARTS) is 1. The topological polar surface area (TPSA) is 66.4 Å². The zero-order chi connectivity index (χ0) is 16.4. The fraction of sp³-hybridized carbons (Fsp3) is 0.474. The van der Waals surface area contributed by atoms with Gasteiger partial charge in [-0.25, -0.2) is 0 Å². The highest BCUT2D eigenvalue weighted by molar-refractivity contribution is 5.96. The van der Waals surface area contributed by atoms with Crippen molar-refractivity contribution in [2.45, 2.75) is 32.6 Å². The molecule has 0 aliphatic heterocycles. The normalized spacial score (nSPS) is 28.0. The summed E-state index contributed by atoms with van der Waals surface area (Å²) in [6.07, 6.45) is 8.10. The Kier molecular flexibility index (Phi) is 4.51. The molecule has 1 aromatic rings. The molecule has 0 saturated heterocycles. The Morgan fingerprint density at radius 1 is 1.13 bits per heavy atom. The summed E-state index contributed by atoms with van der Waals surface area (Å²) in [4.78, 5) is 24.1. The second-order valence-corrected chi connectivity index (χ2v) is 6.63. The van der Waals surface area contributed by atoms with Crippen molar-refractivity contribution in [3.8, 4) is 0 Å². The number of allylic oxidation sites excluding steroid dienone is 2. The lowest BCUT2D eigenvalue weighted by atomic mass is 9.82.